The average molecular weight is 1010 g/mol. The number of para-hydroxylation sites is 2. The van der Waals surface area contributed by atoms with Crippen molar-refractivity contribution in [2.45, 2.75) is 115 Å². The number of rotatable bonds is 30. The van der Waals surface area contributed by atoms with Gasteiger partial charge in [0, 0.05) is 73.6 Å². The molecule has 22 N–H and O–H groups in total. The fraction of sp³-hybridized carbons (Fsp3) is 0.458. The Bertz CT molecular complexity index is 2610. The molecular formula is C48H72N18O7. The van der Waals surface area contributed by atoms with E-state index >= 15 is 0 Å². The maximum absolute atomic E-state index is 15.0. The molecule has 25 nitrogen and oxygen atoms in total. The van der Waals surface area contributed by atoms with E-state index in [1.807, 2.05) is 55.5 Å². The Morgan fingerprint density at radius 2 is 0.877 bits per heavy atom. The molecule has 396 valence electrons. The third-order valence-electron chi connectivity index (χ3n) is 12.1. The SMILES string of the molecule is CC[C@H](C)[C@H](NC(=O)[C@H](Cc1c[nH]c2ccccc12)NC(=O)[C@H](Cc1c[nH]c2ccccc12)NC(=O)[C@H](CCCN=C(N)N)NC(=O)[C@H](CCCN=C(N)N)NC(C)=O)C(=O)N[C@@H](CCCN=C(N)N)C(N)=O. The molecule has 25 heteroatoms. The number of hydrogen-bond donors (Lipinski definition) is 15. The molecule has 0 saturated heterocycles. The quantitative estimate of drug-likeness (QED) is 0.0154. The second-order valence-electron chi connectivity index (χ2n) is 17.7. The Morgan fingerprint density at radius 3 is 1.29 bits per heavy atom. The molecular weight excluding hydrogens is 941 g/mol. The minimum absolute atomic E-state index is 0.00585. The van der Waals surface area contributed by atoms with Gasteiger partial charge in [0.15, 0.2) is 17.9 Å². The second kappa shape index (κ2) is 28.5. The molecule has 2 aromatic carbocycles. The Hall–Kier alpha value is -8.38. The first-order valence-corrected chi connectivity index (χ1v) is 24.1. The van der Waals surface area contributed by atoms with Crippen molar-refractivity contribution in [1.82, 2.24) is 41.9 Å². The highest BCUT2D eigenvalue weighted by atomic mass is 16.2. The molecule has 0 spiro atoms. The lowest BCUT2D eigenvalue weighted by Gasteiger charge is -2.29. The van der Waals surface area contributed by atoms with E-state index in [9.17, 15) is 33.6 Å². The monoisotopic (exact) mass is 1010 g/mol. The van der Waals surface area contributed by atoms with Crippen LogP contribution in [0.1, 0.15) is 76.8 Å². The number of benzene rings is 2. The highest BCUT2D eigenvalue weighted by molar-refractivity contribution is 5.98. The lowest BCUT2D eigenvalue weighted by Crippen LogP contribution is -2.61. The average Bonchev–Trinajstić information content (AvgIpc) is 3.95. The number of carbonyl (C=O) groups is 7. The Kier molecular flexibility index (Phi) is 22.3. The highest BCUT2D eigenvalue weighted by Gasteiger charge is 2.35. The summed E-state index contributed by atoms with van der Waals surface area (Å²) in [5, 5.41) is 18.1. The molecule has 4 aromatic rings. The standard InChI is InChI=1S/C48H72N18O7/c1-4-26(2)39(45(73)62-34(40(49)68)16-9-19-56-46(50)51)66-44(72)38(23-29-25-60-33-15-8-6-13-31(29)33)65-43(71)37(22-28-24-59-32-14-7-5-12-30(28)32)64-42(70)36(18-11-21-58-48(54)55)63-41(69)35(61-27(3)67)17-10-20-57-47(52)53/h5-8,12-15,24-26,34-39,59-60H,4,9-11,16-23H2,1-3H3,(H2,49,68)(H,61,67)(H,62,73)(H,63,69)(H,64,70)(H,65,71)(H,66,72)(H4,50,51,56)(H4,52,53,57)(H4,54,55,58)/t26-,34-,35-,36-,37-,38-,39-/m0/s1. The predicted octanol–water partition coefficient (Wildman–Crippen LogP) is -1.94. The Morgan fingerprint density at radius 1 is 0.507 bits per heavy atom. The summed E-state index contributed by atoms with van der Waals surface area (Å²) in [6, 6.07) is 7.31. The van der Waals surface area contributed by atoms with Gasteiger partial charge in [-0.05, 0) is 67.7 Å². The predicted molar refractivity (Wildman–Crippen MR) is 280 cm³/mol. The van der Waals surface area contributed by atoms with Crippen LogP contribution in [0.15, 0.2) is 75.9 Å². The molecule has 7 amide bonds. The number of guanidine groups is 3. The van der Waals surface area contributed by atoms with Gasteiger partial charge in [-0.15, -0.1) is 0 Å². The van der Waals surface area contributed by atoms with Crippen LogP contribution < -0.4 is 72.0 Å². The number of hydrogen-bond acceptors (Lipinski definition) is 10. The van der Waals surface area contributed by atoms with Crippen LogP contribution in [0.2, 0.25) is 0 Å². The number of fused-ring (bicyclic) bond motifs is 2. The normalized spacial score (nSPS) is 13.9. The fourth-order valence-corrected chi connectivity index (χ4v) is 8.07. The minimum atomic E-state index is -1.38. The van der Waals surface area contributed by atoms with Gasteiger partial charge < -0.3 is 82.0 Å². The van der Waals surface area contributed by atoms with Gasteiger partial charge >= 0.3 is 0 Å². The van der Waals surface area contributed by atoms with Crippen molar-refractivity contribution in [1.29, 1.82) is 0 Å². The summed E-state index contributed by atoms with van der Waals surface area (Å²) >= 11 is 0. The molecule has 0 unspecified atom stereocenters. The van der Waals surface area contributed by atoms with Crippen LogP contribution in [0.5, 0.6) is 0 Å². The molecule has 0 bridgehead atoms. The van der Waals surface area contributed by atoms with Crippen molar-refractivity contribution in [3.63, 3.8) is 0 Å². The number of nitrogens with one attached hydrogen (secondary N) is 8. The summed E-state index contributed by atoms with van der Waals surface area (Å²) in [4.78, 5) is 115. The van der Waals surface area contributed by atoms with Gasteiger partial charge in [-0.25, -0.2) is 0 Å². The van der Waals surface area contributed by atoms with Gasteiger partial charge in [0.25, 0.3) is 0 Å². The number of aliphatic imine (C=N–C) groups is 3. The third kappa shape index (κ3) is 18.4. The van der Waals surface area contributed by atoms with Gasteiger partial charge in [0.1, 0.15) is 36.3 Å². The fourth-order valence-electron chi connectivity index (χ4n) is 8.07. The zero-order valence-corrected chi connectivity index (χ0v) is 41.5. The van der Waals surface area contributed by atoms with E-state index in [-0.39, 0.29) is 76.0 Å². The largest absolute Gasteiger partial charge is 0.370 e. The Balaban J connectivity index is 1.72. The lowest BCUT2D eigenvalue weighted by molar-refractivity contribution is -0.135. The van der Waals surface area contributed by atoms with Crippen LogP contribution in [0.4, 0.5) is 0 Å². The van der Waals surface area contributed by atoms with Crippen LogP contribution in [-0.2, 0) is 46.4 Å². The molecule has 2 heterocycles. The maximum atomic E-state index is 15.0. The van der Waals surface area contributed by atoms with Crippen LogP contribution >= 0.6 is 0 Å². The summed E-state index contributed by atoms with van der Waals surface area (Å²) in [5.74, 6) is -5.90. The number of nitrogens with two attached hydrogens (primary N) is 7. The number of carbonyl (C=O) groups excluding carboxylic acids is 7. The van der Waals surface area contributed by atoms with Crippen LogP contribution in [-0.4, -0.2) is 125 Å². The van der Waals surface area contributed by atoms with E-state index < -0.39 is 83.5 Å². The molecule has 0 aliphatic carbocycles. The zero-order valence-electron chi connectivity index (χ0n) is 41.5. The first-order valence-electron chi connectivity index (χ1n) is 24.1. The number of aromatic amines is 2. The molecule has 0 radical (unpaired) electrons. The number of amides is 7. The van der Waals surface area contributed by atoms with Gasteiger partial charge in [-0.1, -0.05) is 56.7 Å². The minimum Gasteiger partial charge on any atom is -0.370 e. The summed E-state index contributed by atoms with van der Waals surface area (Å²) < 4.78 is 0. The van der Waals surface area contributed by atoms with Crippen LogP contribution in [0.3, 0.4) is 0 Å². The van der Waals surface area contributed by atoms with Crippen molar-refractivity contribution in [3.05, 3.63) is 72.1 Å². The van der Waals surface area contributed by atoms with Crippen molar-refractivity contribution in [2.75, 3.05) is 19.6 Å². The molecule has 0 aliphatic rings. The van der Waals surface area contributed by atoms with Gasteiger partial charge in [-0.2, -0.15) is 0 Å². The molecule has 0 fully saturated rings. The molecule has 4 rings (SSSR count). The molecule has 73 heavy (non-hydrogen) atoms. The molecule has 0 aliphatic heterocycles. The number of primary amides is 1. The number of nitrogens with zero attached hydrogens (tertiary/aromatic N) is 3. The summed E-state index contributed by atoms with van der Waals surface area (Å²) in [5.41, 5.74) is 41.4. The van der Waals surface area contributed by atoms with Crippen molar-refractivity contribution >= 4 is 81.0 Å². The topological polar surface area (TPSA) is 442 Å². The highest BCUT2D eigenvalue weighted by Crippen LogP contribution is 2.22. The van der Waals surface area contributed by atoms with Crippen molar-refractivity contribution in [2.24, 2.45) is 61.0 Å². The summed E-state index contributed by atoms with van der Waals surface area (Å²) in [7, 11) is 0. The number of H-pyrrole nitrogens is 2. The van der Waals surface area contributed by atoms with E-state index in [0.29, 0.717) is 30.4 Å². The second-order valence-corrected chi connectivity index (χ2v) is 17.7. The third-order valence-corrected chi connectivity index (χ3v) is 12.1. The number of aromatic nitrogens is 2. The Labute approximate surface area is 422 Å². The van der Waals surface area contributed by atoms with Crippen LogP contribution in [0.25, 0.3) is 21.8 Å². The molecule has 0 saturated carbocycles. The first kappa shape index (κ1) is 57.2. The molecule has 2 aromatic heterocycles. The summed E-state index contributed by atoms with van der Waals surface area (Å²) in [6.45, 7) is 5.27. The lowest BCUT2D eigenvalue weighted by atomic mass is 9.96. The maximum Gasteiger partial charge on any atom is 0.243 e. The first-order chi connectivity index (χ1) is 34.8. The van der Waals surface area contributed by atoms with E-state index in [0.717, 1.165) is 21.8 Å². The molecule has 7 atom stereocenters. The van der Waals surface area contributed by atoms with Crippen molar-refractivity contribution < 1.29 is 33.6 Å². The van der Waals surface area contributed by atoms with Gasteiger partial charge in [0.2, 0.25) is 41.4 Å². The van der Waals surface area contributed by atoms with Crippen LogP contribution in [0, 0.1) is 5.92 Å². The van der Waals surface area contributed by atoms with Gasteiger partial charge in [-0.3, -0.25) is 48.5 Å². The van der Waals surface area contributed by atoms with E-state index in [4.69, 9.17) is 40.1 Å². The van der Waals surface area contributed by atoms with Crippen molar-refractivity contribution in [3.8, 4) is 0 Å². The van der Waals surface area contributed by atoms with E-state index in [1.54, 1.807) is 19.3 Å². The van der Waals surface area contributed by atoms with E-state index in [2.05, 4.69) is 56.8 Å². The summed E-state index contributed by atoms with van der Waals surface area (Å²) in [6.07, 6.45) is 4.72. The van der Waals surface area contributed by atoms with Gasteiger partial charge in [0.05, 0.1) is 0 Å². The smallest absolute Gasteiger partial charge is 0.243 e. The van der Waals surface area contributed by atoms with E-state index in [1.165, 1.54) is 6.92 Å². The zero-order chi connectivity index (χ0) is 53.6.